The van der Waals surface area contributed by atoms with Gasteiger partial charge in [-0.05, 0) is 80.0 Å². The summed E-state index contributed by atoms with van der Waals surface area (Å²) in [5.74, 6) is 3.45. The molecule has 0 bridgehead atoms. The molecule has 1 N–H and O–H groups in total. The van der Waals surface area contributed by atoms with Crippen LogP contribution in [0, 0.1) is 52.3 Å². The predicted molar refractivity (Wildman–Crippen MR) is 118 cm³/mol. The minimum atomic E-state index is -0.448. The number of carbonyl (C=O) groups is 1. The molecule has 0 aromatic rings. The van der Waals surface area contributed by atoms with Crippen LogP contribution in [0.25, 0.3) is 0 Å². The maximum Gasteiger partial charge on any atom is 0.171 e. The fourth-order valence-corrected chi connectivity index (χ4v) is 9.93. The van der Waals surface area contributed by atoms with E-state index in [9.17, 15) is 9.90 Å². The minimum Gasteiger partial charge on any atom is -0.393 e. The van der Waals surface area contributed by atoms with Gasteiger partial charge in [-0.25, -0.2) is 0 Å². The van der Waals surface area contributed by atoms with E-state index in [1.165, 1.54) is 12.8 Å². The number of rotatable bonds is 0. The Hall–Kier alpha value is -0.450. The summed E-state index contributed by atoms with van der Waals surface area (Å²) >= 11 is 0. The second-order valence-electron chi connectivity index (χ2n) is 13.0. The first kappa shape index (κ1) is 21.1. The van der Waals surface area contributed by atoms with Gasteiger partial charge >= 0.3 is 0 Å². The highest BCUT2D eigenvalue weighted by atomic mass is 16.7. The fourth-order valence-electron chi connectivity index (χ4n) is 9.93. The molecule has 2 heterocycles. The van der Waals surface area contributed by atoms with Gasteiger partial charge in [0.1, 0.15) is 5.78 Å². The highest BCUT2D eigenvalue weighted by Gasteiger charge is 2.71. The standard InChI is InChI=1S/C27H42O4/c1-15-7-10-27(30-14-15)16(2)24-22(31-27)12-21-19-6-5-17-11-18(28)8-9-25(17,3)20(19)13-23(29)26(21,24)4/h15-22,24,28H,5-14H2,1-4H3/t15-,16-,17-,18+,19-,20-,21-,22-,24-,25+,26-,27-/m1/s1. The molecule has 0 unspecified atom stereocenters. The van der Waals surface area contributed by atoms with Gasteiger partial charge in [-0.3, -0.25) is 4.79 Å². The van der Waals surface area contributed by atoms with E-state index in [0.29, 0.717) is 41.3 Å². The van der Waals surface area contributed by atoms with Crippen molar-refractivity contribution in [2.45, 2.75) is 103 Å². The summed E-state index contributed by atoms with van der Waals surface area (Å²) in [5.41, 5.74) is -0.0221. The molecule has 2 aliphatic heterocycles. The maximum absolute atomic E-state index is 14.0. The van der Waals surface area contributed by atoms with Crippen molar-refractivity contribution in [3.05, 3.63) is 0 Å². The summed E-state index contributed by atoms with van der Waals surface area (Å²) in [6.45, 7) is 10.1. The van der Waals surface area contributed by atoms with Gasteiger partial charge in [0.05, 0.1) is 18.8 Å². The first-order chi connectivity index (χ1) is 14.7. The molecule has 4 saturated carbocycles. The van der Waals surface area contributed by atoms with Crippen LogP contribution in [0.2, 0.25) is 0 Å². The van der Waals surface area contributed by atoms with Crippen LogP contribution in [0.15, 0.2) is 0 Å². The summed E-state index contributed by atoms with van der Waals surface area (Å²) in [7, 11) is 0. The molecule has 0 aromatic carbocycles. The number of hydrogen-bond donors (Lipinski definition) is 1. The molecule has 6 aliphatic rings. The van der Waals surface area contributed by atoms with Crippen molar-refractivity contribution < 1.29 is 19.4 Å². The molecule has 0 radical (unpaired) electrons. The molecule has 4 heteroatoms. The lowest BCUT2D eigenvalue weighted by atomic mass is 9.44. The van der Waals surface area contributed by atoms with Crippen molar-refractivity contribution in [2.24, 2.45) is 52.3 Å². The number of fused-ring (bicyclic) bond motifs is 7. The Morgan fingerprint density at radius 3 is 2.55 bits per heavy atom. The summed E-state index contributed by atoms with van der Waals surface area (Å²) < 4.78 is 13.2. The Labute approximate surface area is 187 Å². The van der Waals surface area contributed by atoms with E-state index in [0.717, 1.165) is 51.6 Å². The van der Waals surface area contributed by atoms with Crippen LogP contribution in [0.5, 0.6) is 0 Å². The van der Waals surface area contributed by atoms with Gasteiger partial charge in [-0.15, -0.1) is 0 Å². The molecule has 6 fully saturated rings. The fraction of sp³-hybridized carbons (Fsp3) is 0.963. The quantitative estimate of drug-likeness (QED) is 0.589. The Morgan fingerprint density at radius 1 is 1.00 bits per heavy atom. The molecular formula is C27H42O4. The van der Waals surface area contributed by atoms with Crippen molar-refractivity contribution >= 4 is 5.78 Å². The molecule has 6 rings (SSSR count). The van der Waals surface area contributed by atoms with Crippen LogP contribution in [0.1, 0.15) is 85.5 Å². The van der Waals surface area contributed by atoms with Gasteiger partial charge < -0.3 is 14.6 Å². The van der Waals surface area contributed by atoms with Crippen molar-refractivity contribution in [1.29, 1.82) is 0 Å². The first-order valence-electron chi connectivity index (χ1n) is 13.2. The van der Waals surface area contributed by atoms with Crippen LogP contribution >= 0.6 is 0 Å². The molecule has 12 atom stereocenters. The van der Waals surface area contributed by atoms with Crippen LogP contribution in [-0.4, -0.2) is 35.5 Å². The Bertz CT molecular complexity index is 756. The van der Waals surface area contributed by atoms with Crippen LogP contribution in [-0.2, 0) is 14.3 Å². The highest BCUT2D eigenvalue weighted by molar-refractivity contribution is 5.87. The van der Waals surface area contributed by atoms with Crippen molar-refractivity contribution in [1.82, 2.24) is 0 Å². The molecule has 0 aromatic heterocycles. The molecule has 2 saturated heterocycles. The van der Waals surface area contributed by atoms with Crippen LogP contribution in [0.3, 0.4) is 0 Å². The Balaban J connectivity index is 1.30. The number of aliphatic hydroxyl groups is 1. The van der Waals surface area contributed by atoms with E-state index in [1.807, 2.05) is 0 Å². The van der Waals surface area contributed by atoms with Gasteiger partial charge in [0.15, 0.2) is 5.79 Å². The molecule has 174 valence electrons. The number of Topliss-reactive ketones (excluding diaryl/α,β-unsaturated/α-hetero) is 1. The summed E-state index contributed by atoms with van der Waals surface area (Å²) in [5, 5.41) is 10.3. The number of hydrogen-bond acceptors (Lipinski definition) is 4. The average molecular weight is 431 g/mol. The lowest BCUT2D eigenvalue weighted by molar-refractivity contribution is -0.272. The predicted octanol–water partition coefficient (Wildman–Crippen LogP) is 4.97. The van der Waals surface area contributed by atoms with Crippen molar-refractivity contribution in [3.63, 3.8) is 0 Å². The van der Waals surface area contributed by atoms with E-state index in [4.69, 9.17) is 9.47 Å². The number of ketones is 1. The zero-order valence-corrected chi connectivity index (χ0v) is 19.9. The van der Waals surface area contributed by atoms with Gasteiger partial charge in [0, 0.05) is 30.1 Å². The molecule has 0 amide bonds. The van der Waals surface area contributed by atoms with E-state index in [-0.39, 0.29) is 29.0 Å². The zero-order valence-electron chi connectivity index (χ0n) is 19.9. The maximum atomic E-state index is 14.0. The second kappa shape index (κ2) is 6.79. The average Bonchev–Trinajstić information content (AvgIpc) is 3.18. The number of ether oxygens (including phenoxy) is 2. The third kappa shape index (κ3) is 2.68. The molecular weight excluding hydrogens is 388 g/mol. The molecule has 31 heavy (non-hydrogen) atoms. The van der Waals surface area contributed by atoms with Crippen LogP contribution < -0.4 is 0 Å². The SMILES string of the molecule is C[C@@H]1CC[C@@]2(OC1)O[C@@H]1C[C@@H]3[C@@H]4CC[C@@H]5C[C@@H](O)CC[C@]5(C)[C@@H]4CC(=O)[C@]3(C)[C@@H]1[C@H]2C. The van der Waals surface area contributed by atoms with Crippen molar-refractivity contribution in [2.75, 3.05) is 6.61 Å². The number of carbonyl (C=O) groups excluding carboxylic acids is 1. The van der Waals surface area contributed by atoms with Gasteiger partial charge in [0.2, 0.25) is 0 Å². The lowest BCUT2D eigenvalue weighted by Crippen LogP contribution is -2.58. The third-order valence-electron chi connectivity index (χ3n) is 11.8. The van der Waals surface area contributed by atoms with Gasteiger partial charge in [-0.1, -0.05) is 27.7 Å². The topological polar surface area (TPSA) is 55.8 Å². The summed E-state index contributed by atoms with van der Waals surface area (Å²) in [4.78, 5) is 14.0. The van der Waals surface area contributed by atoms with Crippen molar-refractivity contribution in [3.8, 4) is 0 Å². The molecule has 1 spiro atoms. The molecule has 4 nitrogen and oxygen atoms in total. The number of aliphatic hydroxyl groups excluding tert-OH is 1. The Morgan fingerprint density at radius 2 is 1.81 bits per heavy atom. The normalized spacial score (nSPS) is 60.9. The monoisotopic (exact) mass is 430 g/mol. The first-order valence-corrected chi connectivity index (χ1v) is 13.2. The Kier molecular flexibility index (Phi) is 4.62. The lowest BCUT2D eigenvalue weighted by Gasteiger charge is -2.60. The largest absolute Gasteiger partial charge is 0.393 e. The molecule has 4 aliphatic carbocycles. The van der Waals surface area contributed by atoms with E-state index < -0.39 is 5.79 Å². The third-order valence-corrected chi connectivity index (χ3v) is 11.8. The minimum absolute atomic E-state index is 0.131. The zero-order chi connectivity index (χ0) is 21.8. The van der Waals surface area contributed by atoms with Gasteiger partial charge in [-0.2, -0.15) is 0 Å². The van der Waals surface area contributed by atoms with E-state index in [2.05, 4.69) is 27.7 Å². The second-order valence-corrected chi connectivity index (χ2v) is 13.0. The summed E-state index contributed by atoms with van der Waals surface area (Å²) in [6, 6.07) is 0. The highest BCUT2D eigenvalue weighted by Crippen LogP contribution is 2.70. The smallest absolute Gasteiger partial charge is 0.171 e. The van der Waals surface area contributed by atoms with E-state index >= 15 is 0 Å². The van der Waals surface area contributed by atoms with Gasteiger partial charge in [0.25, 0.3) is 0 Å². The summed E-state index contributed by atoms with van der Waals surface area (Å²) in [6.07, 6.45) is 9.39. The van der Waals surface area contributed by atoms with Crippen LogP contribution in [0.4, 0.5) is 0 Å². The van der Waals surface area contributed by atoms with E-state index in [1.54, 1.807) is 0 Å².